The topological polar surface area (TPSA) is 51.9 Å². The summed E-state index contributed by atoms with van der Waals surface area (Å²) in [6.07, 6.45) is 5.03. The van der Waals surface area contributed by atoms with Crippen LogP contribution in [-0.2, 0) is 6.54 Å². The maximum Gasteiger partial charge on any atom is 0.350 e. The van der Waals surface area contributed by atoms with Crippen molar-refractivity contribution in [2.45, 2.75) is 45.6 Å². The summed E-state index contributed by atoms with van der Waals surface area (Å²) in [5.41, 5.74) is 2.14. The summed E-state index contributed by atoms with van der Waals surface area (Å²) < 4.78 is 3.43. The van der Waals surface area contributed by atoms with Crippen LogP contribution in [0.4, 0.5) is 0 Å². The summed E-state index contributed by atoms with van der Waals surface area (Å²) in [7, 11) is 0. The molecule has 0 amide bonds. The summed E-state index contributed by atoms with van der Waals surface area (Å²) >= 11 is 0. The largest absolute Gasteiger partial charge is 0.350 e. The number of hydrogen-bond donors (Lipinski definition) is 1. The van der Waals surface area contributed by atoms with Crippen molar-refractivity contribution >= 4 is 0 Å². The van der Waals surface area contributed by atoms with Gasteiger partial charge in [0.05, 0.1) is 5.69 Å². The monoisotopic (exact) mass is 326 g/mol. The summed E-state index contributed by atoms with van der Waals surface area (Å²) in [6, 6.07) is 9.86. The van der Waals surface area contributed by atoms with Gasteiger partial charge in [-0.15, -0.1) is 0 Å². The molecule has 5 nitrogen and oxygen atoms in total. The Kier molecular flexibility index (Phi) is 5.30. The van der Waals surface area contributed by atoms with Gasteiger partial charge < -0.3 is 5.32 Å². The van der Waals surface area contributed by atoms with Gasteiger partial charge in [0.2, 0.25) is 0 Å². The molecule has 0 bridgehead atoms. The van der Waals surface area contributed by atoms with Crippen LogP contribution in [0, 0.1) is 0 Å². The van der Waals surface area contributed by atoms with Crippen LogP contribution in [0.2, 0.25) is 0 Å². The molecule has 24 heavy (non-hydrogen) atoms. The lowest BCUT2D eigenvalue weighted by molar-refractivity contribution is 0.437. The van der Waals surface area contributed by atoms with Gasteiger partial charge in [-0.2, -0.15) is 5.10 Å². The molecule has 2 heterocycles. The van der Waals surface area contributed by atoms with Crippen LogP contribution >= 0.6 is 0 Å². The molecule has 1 aromatic heterocycles. The zero-order valence-corrected chi connectivity index (χ0v) is 14.5. The standard InChI is InChI=1S/C19H26N4O/c1-15(2)7-6-14-22-19(24)23(17-8-4-3-5-9-17)18(21-22)16-10-12-20-13-11-16/h3-5,7-9,16,20H,6,10-14H2,1-2H3. The molecular weight excluding hydrogens is 300 g/mol. The Balaban J connectivity index is 1.99. The fraction of sp³-hybridized carbons (Fsp3) is 0.474. The summed E-state index contributed by atoms with van der Waals surface area (Å²) in [5.74, 6) is 1.24. The molecule has 1 N–H and O–H groups in total. The van der Waals surface area contributed by atoms with E-state index in [1.165, 1.54) is 5.57 Å². The Morgan fingerprint density at radius 3 is 2.62 bits per heavy atom. The van der Waals surface area contributed by atoms with E-state index < -0.39 is 0 Å². The molecule has 5 heteroatoms. The number of benzene rings is 1. The van der Waals surface area contributed by atoms with Crippen LogP contribution in [-0.4, -0.2) is 27.4 Å². The molecule has 1 saturated heterocycles. The summed E-state index contributed by atoms with van der Waals surface area (Å²) in [5, 5.41) is 8.10. The molecule has 1 aliphatic heterocycles. The van der Waals surface area contributed by atoms with Crippen LogP contribution in [0.15, 0.2) is 46.8 Å². The molecule has 128 valence electrons. The molecule has 0 atom stereocenters. The quantitative estimate of drug-likeness (QED) is 0.860. The van der Waals surface area contributed by atoms with Gasteiger partial charge in [-0.25, -0.2) is 14.0 Å². The molecule has 3 rings (SSSR count). The predicted octanol–water partition coefficient (Wildman–Crippen LogP) is 2.86. The number of hydrogen-bond acceptors (Lipinski definition) is 3. The molecule has 1 aromatic carbocycles. The maximum atomic E-state index is 12.9. The van der Waals surface area contributed by atoms with Gasteiger partial charge in [-0.1, -0.05) is 29.8 Å². The zero-order valence-electron chi connectivity index (χ0n) is 14.5. The normalized spacial score (nSPS) is 15.4. The molecule has 1 fully saturated rings. The SMILES string of the molecule is CC(C)=CCCn1nc(C2CCNCC2)n(-c2ccccc2)c1=O. The van der Waals surface area contributed by atoms with E-state index in [2.05, 4.69) is 25.2 Å². The minimum Gasteiger partial charge on any atom is -0.317 e. The van der Waals surface area contributed by atoms with Crippen molar-refractivity contribution in [3.8, 4) is 5.69 Å². The molecule has 0 unspecified atom stereocenters. The van der Waals surface area contributed by atoms with Crippen molar-refractivity contribution in [2.75, 3.05) is 13.1 Å². The average Bonchev–Trinajstić information content (AvgIpc) is 2.93. The van der Waals surface area contributed by atoms with E-state index in [0.717, 1.165) is 43.9 Å². The average molecular weight is 326 g/mol. The Morgan fingerprint density at radius 2 is 1.96 bits per heavy atom. The summed E-state index contributed by atoms with van der Waals surface area (Å²) in [4.78, 5) is 12.9. The van der Waals surface area contributed by atoms with Gasteiger partial charge in [0.15, 0.2) is 0 Å². The highest BCUT2D eigenvalue weighted by molar-refractivity contribution is 5.33. The highest BCUT2D eigenvalue weighted by Gasteiger charge is 2.24. The van der Waals surface area contributed by atoms with Crippen molar-refractivity contribution in [3.05, 3.63) is 58.3 Å². The molecule has 2 aromatic rings. The van der Waals surface area contributed by atoms with E-state index in [0.29, 0.717) is 12.5 Å². The molecule has 0 radical (unpaired) electrons. The summed E-state index contributed by atoms with van der Waals surface area (Å²) in [6.45, 7) is 6.75. The van der Waals surface area contributed by atoms with Gasteiger partial charge in [0.25, 0.3) is 0 Å². The third-order valence-electron chi connectivity index (χ3n) is 4.48. The van der Waals surface area contributed by atoms with Gasteiger partial charge >= 0.3 is 5.69 Å². The number of piperidine rings is 1. The first kappa shape index (κ1) is 16.7. The van der Waals surface area contributed by atoms with Crippen LogP contribution in [0.1, 0.15) is 44.9 Å². The lowest BCUT2D eigenvalue weighted by Gasteiger charge is -2.22. The maximum absolute atomic E-state index is 12.9. The smallest absolute Gasteiger partial charge is 0.317 e. The fourth-order valence-corrected chi connectivity index (χ4v) is 3.21. The molecule has 0 saturated carbocycles. The number of aromatic nitrogens is 3. The first-order valence-electron chi connectivity index (χ1n) is 8.76. The third kappa shape index (κ3) is 3.67. The number of aryl methyl sites for hydroxylation is 1. The minimum absolute atomic E-state index is 0.0307. The van der Waals surface area contributed by atoms with Crippen molar-refractivity contribution in [1.82, 2.24) is 19.7 Å². The fourth-order valence-electron chi connectivity index (χ4n) is 3.21. The minimum atomic E-state index is -0.0307. The highest BCUT2D eigenvalue weighted by Crippen LogP contribution is 2.24. The number of rotatable bonds is 5. The number of nitrogens with zero attached hydrogens (tertiary/aromatic N) is 3. The molecule has 1 aliphatic rings. The van der Waals surface area contributed by atoms with Gasteiger partial charge in [0.1, 0.15) is 5.82 Å². The molecule has 0 spiro atoms. The first-order valence-corrected chi connectivity index (χ1v) is 8.76. The Labute approximate surface area is 143 Å². The van der Waals surface area contributed by atoms with Crippen molar-refractivity contribution in [2.24, 2.45) is 0 Å². The van der Waals surface area contributed by atoms with Crippen LogP contribution in [0.25, 0.3) is 5.69 Å². The van der Waals surface area contributed by atoms with Gasteiger partial charge in [-0.05, 0) is 58.3 Å². The van der Waals surface area contributed by atoms with E-state index >= 15 is 0 Å². The van der Waals surface area contributed by atoms with E-state index in [1.54, 1.807) is 9.25 Å². The van der Waals surface area contributed by atoms with Crippen molar-refractivity contribution in [3.63, 3.8) is 0 Å². The zero-order chi connectivity index (χ0) is 16.9. The molecular formula is C19H26N4O. The lowest BCUT2D eigenvalue weighted by atomic mass is 9.97. The highest BCUT2D eigenvalue weighted by atomic mass is 16.2. The van der Waals surface area contributed by atoms with Crippen LogP contribution in [0.5, 0.6) is 0 Å². The number of para-hydroxylation sites is 1. The van der Waals surface area contributed by atoms with Gasteiger partial charge in [-0.3, -0.25) is 0 Å². The van der Waals surface area contributed by atoms with Gasteiger partial charge in [0, 0.05) is 12.5 Å². The van der Waals surface area contributed by atoms with E-state index in [1.807, 2.05) is 30.3 Å². The number of allylic oxidation sites excluding steroid dienone is 2. The second kappa shape index (κ2) is 7.62. The van der Waals surface area contributed by atoms with Crippen LogP contribution < -0.4 is 11.0 Å². The first-order chi connectivity index (χ1) is 11.7. The Bertz CT molecular complexity index is 747. The van der Waals surface area contributed by atoms with E-state index in [4.69, 9.17) is 5.10 Å². The predicted molar refractivity (Wildman–Crippen MR) is 96.7 cm³/mol. The van der Waals surface area contributed by atoms with E-state index in [-0.39, 0.29) is 5.69 Å². The number of nitrogens with one attached hydrogen (secondary N) is 1. The van der Waals surface area contributed by atoms with Crippen molar-refractivity contribution in [1.29, 1.82) is 0 Å². The second-order valence-corrected chi connectivity index (χ2v) is 6.63. The Morgan fingerprint density at radius 1 is 1.25 bits per heavy atom. The van der Waals surface area contributed by atoms with Crippen molar-refractivity contribution < 1.29 is 0 Å². The third-order valence-corrected chi connectivity index (χ3v) is 4.48. The van der Waals surface area contributed by atoms with E-state index in [9.17, 15) is 4.79 Å². The lowest BCUT2D eigenvalue weighted by Crippen LogP contribution is -2.29. The molecule has 0 aliphatic carbocycles. The Hall–Kier alpha value is -2.14. The second-order valence-electron chi connectivity index (χ2n) is 6.63. The van der Waals surface area contributed by atoms with Crippen LogP contribution in [0.3, 0.4) is 0 Å².